The molecule has 0 radical (unpaired) electrons. The summed E-state index contributed by atoms with van der Waals surface area (Å²) in [4.78, 5) is 22.9. The first-order valence-corrected chi connectivity index (χ1v) is 11.8. The average Bonchev–Trinajstić information content (AvgIpc) is 3.48. The highest BCUT2D eigenvalue weighted by molar-refractivity contribution is 5.91. The van der Waals surface area contributed by atoms with E-state index in [0.717, 1.165) is 38.5 Å². The summed E-state index contributed by atoms with van der Waals surface area (Å²) in [5.41, 5.74) is 0.357. The normalized spacial score (nSPS) is 48.5. The van der Waals surface area contributed by atoms with Crippen LogP contribution in [0.25, 0.3) is 0 Å². The van der Waals surface area contributed by atoms with Crippen LogP contribution in [0.4, 0.5) is 4.79 Å². The van der Waals surface area contributed by atoms with Crippen molar-refractivity contribution in [1.29, 1.82) is 0 Å². The fraction of sp³-hybridized carbons (Fsp3) is 0.760. The van der Waals surface area contributed by atoms with Crippen molar-refractivity contribution in [3.8, 4) is 0 Å². The van der Waals surface area contributed by atoms with Gasteiger partial charge in [0.2, 0.25) is 0 Å². The number of ether oxygens (including phenoxy) is 1. The van der Waals surface area contributed by atoms with E-state index in [1.165, 1.54) is 5.57 Å². The Kier molecular flexibility index (Phi) is 4.70. The molecule has 4 saturated carbocycles. The van der Waals surface area contributed by atoms with Crippen LogP contribution in [0.15, 0.2) is 24.3 Å². The zero-order valence-electron chi connectivity index (χ0n) is 17.9. The lowest BCUT2D eigenvalue weighted by Crippen LogP contribution is -2.58. The van der Waals surface area contributed by atoms with Crippen molar-refractivity contribution >= 4 is 11.9 Å². The summed E-state index contributed by atoms with van der Waals surface area (Å²) in [7, 11) is 0. The molecule has 0 aromatic rings. The van der Waals surface area contributed by atoms with Crippen LogP contribution in [-0.4, -0.2) is 34.4 Å². The Hall–Kier alpha value is -1.62. The van der Waals surface area contributed by atoms with E-state index in [-0.39, 0.29) is 23.7 Å². The van der Waals surface area contributed by atoms with Crippen LogP contribution in [-0.2, 0) is 9.53 Å². The highest BCUT2D eigenvalue weighted by Gasteiger charge is 2.76. The van der Waals surface area contributed by atoms with Crippen molar-refractivity contribution in [2.75, 3.05) is 6.61 Å². The molecule has 0 bridgehead atoms. The molecule has 4 fully saturated rings. The molecular weight excluding hydrogens is 380 g/mol. The van der Waals surface area contributed by atoms with Gasteiger partial charge >= 0.3 is 6.16 Å². The van der Waals surface area contributed by atoms with Crippen molar-refractivity contribution in [2.24, 2.45) is 46.8 Å². The number of hydrogen-bond acceptors (Lipinski definition) is 4. The zero-order chi connectivity index (χ0) is 21.3. The van der Waals surface area contributed by atoms with Gasteiger partial charge in [0, 0.05) is 18.3 Å². The Labute approximate surface area is 178 Å². The number of ketones is 1. The van der Waals surface area contributed by atoms with Crippen LogP contribution in [0.3, 0.4) is 0 Å². The van der Waals surface area contributed by atoms with E-state index in [0.29, 0.717) is 48.3 Å². The molecule has 164 valence electrons. The molecule has 0 saturated heterocycles. The predicted molar refractivity (Wildman–Crippen MR) is 112 cm³/mol. The van der Waals surface area contributed by atoms with Crippen LogP contribution in [0.1, 0.15) is 58.3 Å². The fourth-order valence-electron chi connectivity index (χ4n) is 8.87. The van der Waals surface area contributed by atoms with Crippen LogP contribution in [0.5, 0.6) is 0 Å². The molecule has 5 heteroatoms. The van der Waals surface area contributed by atoms with Gasteiger partial charge in [0.05, 0.1) is 12.2 Å². The Bertz CT molecular complexity index is 801. The van der Waals surface area contributed by atoms with E-state index in [1.54, 1.807) is 0 Å². The molecule has 5 aliphatic rings. The molecule has 0 amide bonds. The van der Waals surface area contributed by atoms with Crippen molar-refractivity contribution < 1.29 is 24.5 Å². The van der Waals surface area contributed by atoms with Gasteiger partial charge in [0.25, 0.3) is 0 Å². The second-order valence-corrected chi connectivity index (χ2v) is 10.5. The molecular formula is C25H34O5. The number of carboxylic acid groups (broad SMARTS) is 1. The van der Waals surface area contributed by atoms with Crippen LogP contribution < -0.4 is 0 Å². The molecule has 0 spiro atoms. The lowest BCUT2D eigenvalue weighted by Gasteiger charge is -2.60. The fourth-order valence-corrected chi connectivity index (χ4v) is 8.87. The van der Waals surface area contributed by atoms with E-state index in [2.05, 4.69) is 19.6 Å². The first-order chi connectivity index (χ1) is 14.4. The summed E-state index contributed by atoms with van der Waals surface area (Å²) >= 11 is 0. The molecule has 30 heavy (non-hydrogen) atoms. The maximum Gasteiger partial charge on any atom is 0.505 e. The maximum atomic E-state index is 12.1. The molecule has 5 nitrogen and oxygen atoms in total. The van der Waals surface area contributed by atoms with Gasteiger partial charge in [-0.15, -0.1) is 6.58 Å². The minimum atomic E-state index is -1.26. The smallest absolute Gasteiger partial charge is 0.450 e. The number of allylic oxidation sites excluding steroid dienone is 2. The number of hydrogen-bond donors (Lipinski definition) is 2. The quantitative estimate of drug-likeness (QED) is 0.507. The van der Waals surface area contributed by atoms with Gasteiger partial charge in [0.1, 0.15) is 0 Å². The Morgan fingerprint density at radius 1 is 1.37 bits per heavy atom. The predicted octanol–water partition coefficient (Wildman–Crippen LogP) is 4.60. The summed E-state index contributed by atoms with van der Waals surface area (Å²) < 4.78 is 4.84. The number of carbonyl (C=O) groups excluding carboxylic acids is 1. The van der Waals surface area contributed by atoms with E-state index >= 15 is 0 Å². The molecule has 5 aliphatic carbocycles. The SMILES string of the molecule is C=C[C@@H]1CC2=CC(=O)CC[C@@H]2[C@H]2CC[C@@]3(CC)[C@@H]([C@H]4C[C@H]4[C@@]3(O)CCOC(=O)O)[C@@H]21. The van der Waals surface area contributed by atoms with E-state index in [4.69, 9.17) is 9.84 Å². The summed E-state index contributed by atoms with van der Waals surface area (Å²) in [6.07, 6.45) is 9.82. The highest BCUT2D eigenvalue weighted by Crippen LogP contribution is 2.78. The molecule has 0 heterocycles. The maximum absolute atomic E-state index is 12.1. The third-order valence-corrected chi connectivity index (χ3v) is 9.90. The Balaban J connectivity index is 1.49. The molecule has 0 aromatic heterocycles. The Morgan fingerprint density at radius 2 is 2.17 bits per heavy atom. The number of rotatable bonds is 5. The zero-order valence-corrected chi connectivity index (χ0v) is 17.9. The number of carbonyl (C=O) groups is 2. The summed E-state index contributed by atoms with van der Waals surface area (Å²) in [6.45, 7) is 6.45. The topological polar surface area (TPSA) is 83.8 Å². The van der Waals surface area contributed by atoms with Gasteiger partial charge in [-0.05, 0) is 86.0 Å². The largest absolute Gasteiger partial charge is 0.505 e. The third kappa shape index (κ3) is 2.63. The van der Waals surface area contributed by atoms with Gasteiger partial charge in [0.15, 0.2) is 5.78 Å². The molecule has 9 atom stereocenters. The van der Waals surface area contributed by atoms with Crippen molar-refractivity contribution in [3.63, 3.8) is 0 Å². The monoisotopic (exact) mass is 414 g/mol. The molecule has 5 rings (SSSR count). The first-order valence-electron chi connectivity index (χ1n) is 11.8. The minimum Gasteiger partial charge on any atom is -0.450 e. The standard InChI is InChI=1S/C25H34O5/c1-3-14-11-15-12-16(26)5-6-17(15)18-7-8-24(4-2)22(21(14)18)19-13-20(19)25(24,29)9-10-30-23(27)28/h3,12,14,17-22,29H,1,4-11,13H2,2H3,(H,27,28)/t14-,17+,18-,19+,20-,21-,22+,24+,25+/m1/s1. The third-order valence-electron chi connectivity index (χ3n) is 9.90. The Morgan fingerprint density at radius 3 is 2.87 bits per heavy atom. The van der Waals surface area contributed by atoms with E-state index in [9.17, 15) is 14.7 Å². The van der Waals surface area contributed by atoms with Crippen LogP contribution in [0, 0.1) is 46.8 Å². The molecule has 0 aliphatic heterocycles. The summed E-state index contributed by atoms with van der Waals surface area (Å²) in [6, 6.07) is 0. The summed E-state index contributed by atoms with van der Waals surface area (Å²) in [5.74, 6) is 3.50. The van der Waals surface area contributed by atoms with Crippen LogP contribution >= 0.6 is 0 Å². The van der Waals surface area contributed by atoms with Gasteiger partial charge in [-0.3, -0.25) is 4.79 Å². The van der Waals surface area contributed by atoms with Gasteiger partial charge in [-0.1, -0.05) is 18.6 Å². The van der Waals surface area contributed by atoms with Crippen molar-refractivity contribution in [2.45, 2.75) is 63.9 Å². The molecule has 0 aromatic carbocycles. The molecule has 2 N–H and O–H groups in total. The lowest BCUT2D eigenvalue weighted by molar-refractivity contribution is -0.164. The second-order valence-electron chi connectivity index (χ2n) is 10.5. The summed E-state index contributed by atoms with van der Waals surface area (Å²) in [5, 5.41) is 20.9. The van der Waals surface area contributed by atoms with Crippen LogP contribution in [0.2, 0.25) is 0 Å². The minimum absolute atomic E-state index is 0.0696. The van der Waals surface area contributed by atoms with Gasteiger partial charge < -0.3 is 14.9 Å². The number of fused-ring (bicyclic) bond motifs is 7. The van der Waals surface area contributed by atoms with Crippen molar-refractivity contribution in [3.05, 3.63) is 24.3 Å². The van der Waals surface area contributed by atoms with E-state index < -0.39 is 11.8 Å². The number of aliphatic hydroxyl groups is 1. The lowest BCUT2D eigenvalue weighted by atomic mass is 9.45. The second kappa shape index (κ2) is 6.94. The van der Waals surface area contributed by atoms with Gasteiger partial charge in [-0.25, -0.2) is 4.79 Å². The van der Waals surface area contributed by atoms with E-state index in [1.807, 2.05) is 6.08 Å². The average molecular weight is 415 g/mol. The first kappa shape index (κ1) is 20.3. The van der Waals surface area contributed by atoms with Crippen molar-refractivity contribution in [1.82, 2.24) is 0 Å². The molecule has 0 unspecified atom stereocenters. The highest BCUT2D eigenvalue weighted by atomic mass is 16.7. The van der Waals surface area contributed by atoms with Gasteiger partial charge in [-0.2, -0.15) is 0 Å².